The smallest absolute Gasteiger partial charge is 0.319 e. The topological polar surface area (TPSA) is 108 Å². The van der Waals surface area contributed by atoms with E-state index in [1.807, 2.05) is 6.92 Å². The number of carboxylic acid groups (broad SMARTS) is 1. The van der Waals surface area contributed by atoms with Gasteiger partial charge in [0.15, 0.2) is 0 Å². The number of nitrogens with one attached hydrogen (secondary N) is 3. The Hall–Kier alpha value is -2.28. The van der Waals surface area contributed by atoms with Crippen LogP contribution in [-0.4, -0.2) is 28.6 Å². The molecule has 1 rings (SSSR count). The van der Waals surface area contributed by atoms with Crippen LogP contribution in [0, 0.1) is 0 Å². The second-order valence-corrected chi connectivity index (χ2v) is 6.76. The van der Waals surface area contributed by atoms with Gasteiger partial charge in [-0.3, -0.25) is 9.59 Å². The van der Waals surface area contributed by atoms with Crippen LogP contribution in [0.25, 0.3) is 0 Å². The number of benzene rings is 1. The fraction of sp³-hybridized carbons (Fsp3) is 0.471. The van der Waals surface area contributed by atoms with E-state index < -0.39 is 17.5 Å². The first kappa shape index (κ1) is 20.8. The SMILES string of the molecule is CCCC(=O)Nc1ccc(Cl)c(NC(=O)NC(C)(C)CCC(=O)O)c1. The number of aliphatic carboxylic acids is 1. The predicted molar refractivity (Wildman–Crippen MR) is 98.1 cm³/mol. The minimum Gasteiger partial charge on any atom is -0.481 e. The molecule has 4 N–H and O–H groups in total. The Kier molecular flexibility index (Phi) is 7.70. The van der Waals surface area contributed by atoms with Crippen LogP contribution < -0.4 is 16.0 Å². The van der Waals surface area contributed by atoms with Crippen molar-refractivity contribution in [3.05, 3.63) is 23.2 Å². The normalized spacial score (nSPS) is 10.9. The molecule has 0 atom stereocenters. The summed E-state index contributed by atoms with van der Waals surface area (Å²) in [6.07, 6.45) is 1.38. The molecule has 8 heteroatoms. The van der Waals surface area contributed by atoms with Gasteiger partial charge in [-0.15, -0.1) is 0 Å². The molecule has 3 amide bonds. The van der Waals surface area contributed by atoms with Crippen molar-refractivity contribution < 1.29 is 19.5 Å². The van der Waals surface area contributed by atoms with Crippen LogP contribution in [0.2, 0.25) is 5.02 Å². The third kappa shape index (κ3) is 7.89. The summed E-state index contributed by atoms with van der Waals surface area (Å²) in [4.78, 5) is 34.5. The lowest BCUT2D eigenvalue weighted by Crippen LogP contribution is -2.45. The summed E-state index contributed by atoms with van der Waals surface area (Å²) >= 11 is 6.08. The van der Waals surface area contributed by atoms with Crippen LogP contribution in [0.3, 0.4) is 0 Å². The molecule has 0 saturated heterocycles. The molecular weight excluding hydrogens is 346 g/mol. The van der Waals surface area contributed by atoms with Gasteiger partial charge in [0.2, 0.25) is 5.91 Å². The first-order valence-corrected chi connectivity index (χ1v) is 8.41. The van der Waals surface area contributed by atoms with Crippen molar-refractivity contribution in [1.29, 1.82) is 0 Å². The van der Waals surface area contributed by atoms with Gasteiger partial charge in [-0.05, 0) is 44.9 Å². The van der Waals surface area contributed by atoms with E-state index in [0.29, 0.717) is 22.8 Å². The second-order valence-electron chi connectivity index (χ2n) is 6.35. The highest BCUT2D eigenvalue weighted by atomic mass is 35.5. The zero-order chi connectivity index (χ0) is 19.0. The summed E-state index contributed by atoms with van der Waals surface area (Å²) in [6.45, 7) is 5.38. The molecule has 1 aromatic rings. The summed E-state index contributed by atoms with van der Waals surface area (Å²) in [7, 11) is 0. The van der Waals surface area contributed by atoms with Crippen molar-refractivity contribution in [3.63, 3.8) is 0 Å². The Bertz CT molecular complexity index is 647. The molecular formula is C17H24ClN3O4. The lowest BCUT2D eigenvalue weighted by Gasteiger charge is -2.26. The maximum Gasteiger partial charge on any atom is 0.319 e. The van der Waals surface area contributed by atoms with Crippen LogP contribution in [-0.2, 0) is 9.59 Å². The molecule has 0 bridgehead atoms. The number of rotatable bonds is 8. The Morgan fingerprint density at radius 1 is 1.16 bits per heavy atom. The van der Waals surface area contributed by atoms with Crippen molar-refractivity contribution in [1.82, 2.24) is 5.32 Å². The minimum absolute atomic E-state index is 0.0486. The summed E-state index contributed by atoms with van der Waals surface area (Å²) < 4.78 is 0. The maximum absolute atomic E-state index is 12.1. The lowest BCUT2D eigenvalue weighted by atomic mass is 9.99. The monoisotopic (exact) mass is 369 g/mol. The van der Waals surface area contributed by atoms with Crippen LogP contribution >= 0.6 is 11.6 Å². The van der Waals surface area contributed by atoms with Gasteiger partial charge in [-0.25, -0.2) is 4.79 Å². The molecule has 0 aliphatic carbocycles. The minimum atomic E-state index is -0.922. The third-order valence-corrected chi connectivity index (χ3v) is 3.72. The van der Waals surface area contributed by atoms with Crippen LogP contribution in [0.15, 0.2) is 18.2 Å². The number of anilines is 2. The zero-order valence-electron chi connectivity index (χ0n) is 14.6. The van der Waals surface area contributed by atoms with Gasteiger partial charge in [0.25, 0.3) is 0 Å². The molecule has 7 nitrogen and oxygen atoms in total. The van der Waals surface area contributed by atoms with Gasteiger partial charge in [-0.2, -0.15) is 0 Å². The molecule has 0 fully saturated rings. The summed E-state index contributed by atoms with van der Waals surface area (Å²) in [5.41, 5.74) is 0.188. The molecule has 0 aliphatic rings. The molecule has 1 aromatic carbocycles. The molecule has 0 unspecified atom stereocenters. The van der Waals surface area contributed by atoms with Gasteiger partial charge in [0.1, 0.15) is 0 Å². The highest BCUT2D eigenvalue weighted by Crippen LogP contribution is 2.26. The fourth-order valence-corrected chi connectivity index (χ4v) is 2.26. The molecule has 0 aromatic heterocycles. The molecule has 0 heterocycles. The summed E-state index contributed by atoms with van der Waals surface area (Å²) in [5, 5.41) is 17.1. The van der Waals surface area contributed by atoms with E-state index in [0.717, 1.165) is 6.42 Å². The predicted octanol–water partition coefficient (Wildman–Crippen LogP) is 3.84. The Morgan fingerprint density at radius 2 is 1.84 bits per heavy atom. The number of hydrogen-bond acceptors (Lipinski definition) is 3. The van der Waals surface area contributed by atoms with E-state index >= 15 is 0 Å². The van der Waals surface area contributed by atoms with E-state index in [2.05, 4.69) is 16.0 Å². The number of carbonyl (C=O) groups excluding carboxylic acids is 2. The first-order chi connectivity index (χ1) is 11.6. The van der Waals surface area contributed by atoms with Gasteiger partial charge in [0, 0.05) is 24.1 Å². The number of carbonyl (C=O) groups is 3. The Morgan fingerprint density at radius 3 is 2.44 bits per heavy atom. The van der Waals surface area contributed by atoms with E-state index in [4.69, 9.17) is 16.7 Å². The lowest BCUT2D eigenvalue weighted by molar-refractivity contribution is -0.137. The van der Waals surface area contributed by atoms with Gasteiger partial charge >= 0.3 is 12.0 Å². The Balaban J connectivity index is 2.72. The van der Waals surface area contributed by atoms with Crippen molar-refractivity contribution in [2.45, 2.75) is 52.0 Å². The molecule has 0 radical (unpaired) electrons. The van der Waals surface area contributed by atoms with E-state index in [9.17, 15) is 14.4 Å². The van der Waals surface area contributed by atoms with Crippen LogP contribution in [0.4, 0.5) is 16.2 Å². The van der Waals surface area contributed by atoms with Gasteiger partial charge in [-0.1, -0.05) is 18.5 Å². The maximum atomic E-state index is 12.1. The fourth-order valence-electron chi connectivity index (χ4n) is 2.09. The van der Waals surface area contributed by atoms with Crippen molar-refractivity contribution in [2.75, 3.05) is 10.6 Å². The molecule has 25 heavy (non-hydrogen) atoms. The van der Waals surface area contributed by atoms with Crippen molar-refractivity contribution in [2.24, 2.45) is 0 Å². The first-order valence-electron chi connectivity index (χ1n) is 8.03. The standard InChI is InChI=1S/C17H24ClN3O4/c1-4-5-14(22)19-11-6-7-12(18)13(10-11)20-16(25)21-17(2,3)9-8-15(23)24/h6-7,10H,4-5,8-9H2,1-3H3,(H,19,22)(H,23,24)(H2,20,21,25). The van der Waals surface area contributed by atoms with Crippen LogP contribution in [0.5, 0.6) is 0 Å². The number of urea groups is 1. The number of carboxylic acids is 1. The second kappa shape index (κ2) is 9.27. The van der Waals surface area contributed by atoms with Gasteiger partial charge < -0.3 is 21.1 Å². The summed E-state index contributed by atoms with van der Waals surface area (Å²) in [5.74, 6) is -1.04. The largest absolute Gasteiger partial charge is 0.481 e. The van der Waals surface area contributed by atoms with E-state index in [-0.39, 0.29) is 18.7 Å². The highest BCUT2D eigenvalue weighted by Gasteiger charge is 2.22. The average Bonchev–Trinajstić information content (AvgIpc) is 2.48. The van der Waals surface area contributed by atoms with Gasteiger partial charge in [0.05, 0.1) is 10.7 Å². The average molecular weight is 370 g/mol. The Labute approximate surface area is 152 Å². The van der Waals surface area contributed by atoms with E-state index in [1.54, 1.807) is 32.0 Å². The number of hydrogen-bond donors (Lipinski definition) is 4. The molecule has 138 valence electrons. The third-order valence-electron chi connectivity index (χ3n) is 3.39. The van der Waals surface area contributed by atoms with Crippen molar-refractivity contribution >= 4 is 40.9 Å². The zero-order valence-corrected chi connectivity index (χ0v) is 15.4. The van der Waals surface area contributed by atoms with Crippen LogP contribution in [0.1, 0.15) is 46.5 Å². The number of halogens is 1. The van der Waals surface area contributed by atoms with E-state index in [1.165, 1.54) is 0 Å². The quantitative estimate of drug-likeness (QED) is 0.558. The van der Waals surface area contributed by atoms with Crippen molar-refractivity contribution in [3.8, 4) is 0 Å². The number of amides is 3. The highest BCUT2D eigenvalue weighted by molar-refractivity contribution is 6.33. The summed E-state index contributed by atoms with van der Waals surface area (Å²) in [6, 6.07) is 4.29. The molecule has 0 aliphatic heterocycles. The molecule has 0 saturated carbocycles. The molecule has 0 spiro atoms.